The van der Waals surface area contributed by atoms with E-state index in [2.05, 4.69) is 14.5 Å². The van der Waals surface area contributed by atoms with Crippen LogP contribution in [0.25, 0.3) is 11.3 Å². The number of likely N-dealkylation sites (tertiary alicyclic amines) is 1. The summed E-state index contributed by atoms with van der Waals surface area (Å²) in [5, 5.41) is 9.38. The average molecular weight is 365 g/mol. The van der Waals surface area contributed by atoms with Gasteiger partial charge in [-0.1, -0.05) is 18.2 Å². The summed E-state index contributed by atoms with van der Waals surface area (Å²) in [5.41, 5.74) is 2.14. The molecular formula is C21H23N3O3. The predicted molar refractivity (Wildman–Crippen MR) is 102 cm³/mol. The minimum absolute atomic E-state index is 0.257. The molecule has 1 saturated heterocycles. The molecular weight excluding hydrogens is 342 g/mol. The fourth-order valence-electron chi connectivity index (χ4n) is 3.91. The number of imidazole rings is 1. The molecule has 2 aromatic heterocycles. The Hall–Kier alpha value is -2.86. The minimum Gasteiger partial charge on any atom is -0.478 e. The van der Waals surface area contributed by atoms with Gasteiger partial charge in [-0.2, -0.15) is 0 Å². The standard InChI is InChI=1S/C21H23N3O3/c1-23-14-22-11-19(23)15-5-4-10-24(12-15)13-16-8-9-20(27-16)17-6-2-3-7-18(17)21(25)26/h2-3,6-9,11,14-15H,4-5,10,12-13H2,1H3,(H,25,26)/t15-/m1/s1. The summed E-state index contributed by atoms with van der Waals surface area (Å²) >= 11 is 0. The topological polar surface area (TPSA) is 71.5 Å². The van der Waals surface area contributed by atoms with E-state index in [0.29, 0.717) is 17.2 Å². The lowest BCUT2D eigenvalue weighted by Gasteiger charge is -2.32. The Labute approximate surface area is 158 Å². The van der Waals surface area contributed by atoms with Crippen molar-refractivity contribution >= 4 is 5.97 Å². The lowest BCUT2D eigenvalue weighted by Crippen LogP contribution is -2.34. The van der Waals surface area contributed by atoms with E-state index in [1.54, 1.807) is 18.2 Å². The fourth-order valence-corrected chi connectivity index (χ4v) is 3.91. The highest BCUT2D eigenvalue weighted by molar-refractivity contribution is 5.95. The van der Waals surface area contributed by atoms with Crippen LogP contribution in [0.3, 0.4) is 0 Å². The second-order valence-corrected chi connectivity index (χ2v) is 7.12. The molecule has 1 N–H and O–H groups in total. The van der Waals surface area contributed by atoms with Crippen LogP contribution >= 0.6 is 0 Å². The highest BCUT2D eigenvalue weighted by atomic mass is 16.4. The first-order valence-corrected chi connectivity index (χ1v) is 9.22. The minimum atomic E-state index is -0.946. The molecule has 0 radical (unpaired) electrons. The van der Waals surface area contributed by atoms with E-state index < -0.39 is 5.97 Å². The molecule has 0 spiro atoms. The first-order valence-electron chi connectivity index (χ1n) is 9.22. The maximum Gasteiger partial charge on any atom is 0.336 e. The summed E-state index contributed by atoms with van der Waals surface area (Å²) in [7, 11) is 2.04. The Morgan fingerprint density at radius 1 is 1.30 bits per heavy atom. The van der Waals surface area contributed by atoms with E-state index >= 15 is 0 Å². The van der Waals surface area contributed by atoms with Gasteiger partial charge in [-0.15, -0.1) is 0 Å². The predicted octanol–water partition coefficient (Wildman–Crippen LogP) is 3.76. The molecule has 6 nitrogen and oxygen atoms in total. The number of carbonyl (C=O) groups is 1. The van der Waals surface area contributed by atoms with Gasteiger partial charge in [0, 0.05) is 37.0 Å². The Kier molecular flexibility index (Phi) is 4.81. The van der Waals surface area contributed by atoms with Crippen LogP contribution in [0.1, 0.15) is 40.6 Å². The maximum atomic E-state index is 11.4. The van der Waals surface area contributed by atoms with Gasteiger partial charge in [0.1, 0.15) is 11.5 Å². The summed E-state index contributed by atoms with van der Waals surface area (Å²) in [6, 6.07) is 10.7. The molecule has 0 bridgehead atoms. The van der Waals surface area contributed by atoms with Crippen molar-refractivity contribution in [2.75, 3.05) is 13.1 Å². The number of hydrogen-bond acceptors (Lipinski definition) is 4. The fraction of sp³-hybridized carbons (Fsp3) is 0.333. The van der Waals surface area contributed by atoms with Crippen LogP contribution in [0.4, 0.5) is 0 Å². The van der Waals surface area contributed by atoms with Crippen LogP contribution in [0, 0.1) is 0 Å². The zero-order chi connectivity index (χ0) is 18.8. The molecule has 0 unspecified atom stereocenters. The van der Waals surface area contributed by atoms with Gasteiger partial charge >= 0.3 is 5.97 Å². The van der Waals surface area contributed by atoms with Crippen LogP contribution in [0.2, 0.25) is 0 Å². The number of nitrogens with zero attached hydrogens (tertiary/aromatic N) is 3. The van der Waals surface area contributed by atoms with Gasteiger partial charge in [-0.25, -0.2) is 9.78 Å². The van der Waals surface area contributed by atoms with Gasteiger partial charge in [0.25, 0.3) is 0 Å². The SMILES string of the molecule is Cn1cncc1[C@@H]1CCCN(Cc2ccc(-c3ccccc3C(=O)O)o2)C1. The molecule has 3 heterocycles. The van der Waals surface area contributed by atoms with E-state index in [1.807, 2.05) is 37.8 Å². The molecule has 27 heavy (non-hydrogen) atoms. The molecule has 1 fully saturated rings. The third kappa shape index (κ3) is 3.66. The first kappa shape index (κ1) is 17.5. The van der Waals surface area contributed by atoms with E-state index in [0.717, 1.165) is 31.8 Å². The van der Waals surface area contributed by atoms with Crippen molar-refractivity contribution in [3.63, 3.8) is 0 Å². The number of furan rings is 1. The molecule has 0 amide bonds. The van der Waals surface area contributed by atoms with Crippen molar-refractivity contribution in [3.05, 3.63) is 65.9 Å². The monoisotopic (exact) mass is 365 g/mol. The van der Waals surface area contributed by atoms with E-state index in [1.165, 1.54) is 12.1 Å². The average Bonchev–Trinajstić information content (AvgIpc) is 3.31. The van der Waals surface area contributed by atoms with Crippen molar-refractivity contribution in [2.24, 2.45) is 7.05 Å². The molecule has 6 heteroatoms. The van der Waals surface area contributed by atoms with Crippen molar-refractivity contribution in [3.8, 4) is 11.3 Å². The summed E-state index contributed by atoms with van der Waals surface area (Å²) in [4.78, 5) is 18.1. The van der Waals surface area contributed by atoms with Crippen molar-refractivity contribution < 1.29 is 14.3 Å². The smallest absolute Gasteiger partial charge is 0.336 e. The van der Waals surface area contributed by atoms with Crippen LogP contribution in [0.5, 0.6) is 0 Å². The number of aromatic nitrogens is 2. The van der Waals surface area contributed by atoms with Crippen LogP contribution in [-0.2, 0) is 13.6 Å². The van der Waals surface area contributed by atoms with Gasteiger partial charge < -0.3 is 14.1 Å². The zero-order valence-electron chi connectivity index (χ0n) is 15.3. The second-order valence-electron chi connectivity index (χ2n) is 7.12. The van der Waals surface area contributed by atoms with Gasteiger partial charge in [-0.3, -0.25) is 4.90 Å². The molecule has 1 aromatic carbocycles. The maximum absolute atomic E-state index is 11.4. The molecule has 1 aliphatic rings. The highest BCUT2D eigenvalue weighted by Crippen LogP contribution is 2.29. The number of aromatic carboxylic acids is 1. The lowest BCUT2D eigenvalue weighted by atomic mass is 9.95. The molecule has 1 aliphatic heterocycles. The Balaban J connectivity index is 1.48. The number of rotatable bonds is 5. The van der Waals surface area contributed by atoms with Crippen molar-refractivity contribution in [1.29, 1.82) is 0 Å². The first-order chi connectivity index (χ1) is 13.1. The second kappa shape index (κ2) is 7.40. The van der Waals surface area contributed by atoms with Crippen LogP contribution in [-0.4, -0.2) is 38.6 Å². The molecule has 0 saturated carbocycles. The van der Waals surface area contributed by atoms with E-state index in [-0.39, 0.29) is 5.56 Å². The van der Waals surface area contributed by atoms with E-state index in [4.69, 9.17) is 4.42 Å². The number of hydrogen-bond donors (Lipinski definition) is 1. The Morgan fingerprint density at radius 3 is 2.93 bits per heavy atom. The molecule has 1 atom stereocenters. The number of benzene rings is 1. The lowest BCUT2D eigenvalue weighted by molar-refractivity contribution is 0.0697. The molecule has 3 aromatic rings. The van der Waals surface area contributed by atoms with Crippen LogP contribution < -0.4 is 0 Å². The van der Waals surface area contributed by atoms with Gasteiger partial charge in [0.15, 0.2) is 0 Å². The normalized spacial score (nSPS) is 17.9. The van der Waals surface area contributed by atoms with Gasteiger partial charge in [0.05, 0.1) is 18.4 Å². The molecule has 140 valence electrons. The van der Waals surface area contributed by atoms with E-state index in [9.17, 15) is 9.90 Å². The third-order valence-corrected chi connectivity index (χ3v) is 5.24. The van der Waals surface area contributed by atoms with Gasteiger partial charge in [0.2, 0.25) is 0 Å². The molecule has 4 rings (SSSR count). The highest BCUT2D eigenvalue weighted by Gasteiger charge is 2.24. The number of piperidine rings is 1. The summed E-state index contributed by atoms with van der Waals surface area (Å²) in [6.07, 6.45) is 6.13. The summed E-state index contributed by atoms with van der Waals surface area (Å²) in [6.45, 7) is 2.74. The van der Waals surface area contributed by atoms with Gasteiger partial charge in [-0.05, 0) is 37.6 Å². The van der Waals surface area contributed by atoms with Crippen molar-refractivity contribution in [1.82, 2.24) is 14.5 Å². The number of aryl methyl sites for hydroxylation is 1. The molecule has 0 aliphatic carbocycles. The zero-order valence-corrected chi connectivity index (χ0v) is 15.3. The van der Waals surface area contributed by atoms with Crippen LogP contribution in [0.15, 0.2) is 53.3 Å². The number of carboxylic acid groups (broad SMARTS) is 1. The largest absolute Gasteiger partial charge is 0.478 e. The van der Waals surface area contributed by atoms with Crippen molar-refractivity contribution in [2.45, 2.75) is 25.3 Å². The Bertz CT molecular complexity index is 944. The quantitative estimate of drug-likeness (QED) is 0.745. The summed E-state index contributed by atoms with van der Waals surface area (Å²) in [5.74, 6) is 0.992. The third-order valence-electron chi connectivity index (χ3n) is 5.24. The summed E-state index contributed by atoms with van der Waals surface area (Å²) < 4.78 is 8.09. The Morgan fingerprint density at radius 2 is 2.15 bits per heavy atom. The number of carboxylic acids is 1.